The SMILES string of the molecule is CCNc1cc(Cn2c(C)c(C)sc2=O)ccc1[N+](=O)[O-]. The summed E-state index contributed by atoms with van der Waals surface area (Å²) in [5.41, 5.74) is 2.33. The van der Waals surface area contributed by atoms with Crippen LogP contribution in [0.4, 0.5) is 11.4 Å². The summed E-state index contributed by atoms with van der Waals surface area (Å²) in [6.07, 6.45) is 0. The van der Waals surface area contributed by atoms with Crippen molar-refractivity contribution in [3.63, 3.8) is 0 Å². The quantitative estimate of drug-likeness (QED) is 0.680. The molecule has 1 heterocycles. The van der Waals surface area contributed by atoms with Gasteiger partial charge in [0, 0.05) is 23.2 Å². The zero-order chi connectivity index (χ0) is 15.6. The Balaban J connectivity index is 2.39. The minimum absolute atomic E-state index is 0.00615. The van der Waals surface area contributed by atoms with Crippen molar-refractivity contribution in [2.75, 3.05) is 11.9 Å². The molecule has 7 heteroatoms. The number of thiazole rings is 1. The molecule has 112 valence electrons. The lowest BCUT2D eigenvalue weighted by atomic mass is 10.1. The summed E-state index contributed by atoms with van der Waals surface area (Å²) in [4.78, 5) is 23.5. The first-order valence-electron chi connectivity index (χ1n) is 6.62. The average Bonchev–Trinajstić information content (AvgIpc) is 2.66. The van der Waals surface area contributed by atoms with Gasteiger partial charge in [0.25, 0.3) is 5.69 Å². The van der Waals surface area contributed by atoms with Gasteiger partial charge in [0.05, 0.1) is 11.5 Å². The van der Waals surface area contributed by atoms with Gasteiger partial charge in [-0.2, -0.15) is 0 Å². The van der Waals surface area contributed by atoms with E-state index in [9.17, 15) is 14.9 Å². The summed E-state index contributed by atoms with van der Waals surface area (Å²) < 4.78 is 1.69. The van der Waals surface area contributed by atoms with E-state index >= 15 is 0 Å². The molecule has 1 aromatic carbocycles. The number of nitro benzene ring substituents is 1. The number of benzene rings is 1. The number of nitrogens with zero attached hydrogens (tertiary/aromatic N) is 2. The Morgan fingerprint density at radius 1 is 1.38 bits per heavy atom. The second kappa shape index (κ2) is 6.09. The molecular weight excluding hydrogens is 290 g/mol. The summed E-state index contributed by atoms with van der Waals surface area (Å²) >= 11 is 1.22. The fourth-order valence-electron chi connectivity index (χ4n) is 2.13. The molecule has 0 radical (unpaired) electrons. The summed E-state index contributed by atoms with van der Waals surface area (Å²) in [7, 11) is 0. The largest absolute Gasteiger partial charge is 0.380 e. The van der Waals surface area contributed by atoms with Crippen LogP contribution in [-0.4, -0.2) is 16.0 Å². The molecule has 0 aliphatic heterocycles. The first-order chi connectivity index (χ1) is 9.93. The Morgan fingerprint density at radius 3 is 2.62 bits per heavy atom. The van der Waals surface area contributed by atoms with Crippen LogP contribution in [0.2, 0.25) is 0 Å². The lowest BCUT2D eigenvalue weighted by Crippen LogP contribution is -2.15. The highest BCUT2D eigenvalue weighted by atomic mass is 32.1. The second-order valence-electron chi connectivity index (χ2n) is 4.73. The molecule has 0 bridgehead atoms. The highest BCUT2D eigenvalue weighted by Gasteiger charge is 2.15. The molecule has 0 aliphatic carbocycles. The van der Waals surface area contributed by atoms with Gasteiger partial charge in [0.15, 0.2) is 0 Å². The first kappa shape index (κ1) is 15.2. The van der Waals surface area contributed by atoms with E-state index in [-0.39, 0.29) is 10.6 Å². The Hall–Kier alpha value is -2.15. The lowest BCUT2D eigenvalue weighted by Gasteiger charge is -2.09. The van der Waals surface area contributed by atoms with Crippen molar-refractivity contribution in [1.82, 2.24) is 4.57 Å². The Kier molecular flexibility index (Phi) is 4.42. The normalized spacial score (nSPS) is 10.6. The number of aryl methyl sites for hydroxylation is 1. The number of nitrogens with one attached hydrogen (secondary N) is 1. The molecule has 21 heavy (non-hydrogen) atoms. The number of aromatic nitrogens is 1. The number of rotatable bonds is 5. The molecule has 0 atom stereocenters. The number of hydrogen-bond acceptors (Lipinski definition) is 5. The van der Waals surface area contributed by atoms with Gasteiger partial charge in [-0.15, -0.1) is 0 Å². The second-order valence-corrected chi connectivity index (χ2v) is 5.90. The average molecular weight is 307 g/mol. The van der Waals surface area contributed by atoms with E-state index in [1.165, 1.54) is 17.4 Å². The summed E-state index contributed by atoms with van der Waals surface area (Å²) in [5.74, 6) is 0. The highest BCUT2D eigenvalue weighted by molar-refractivity contribution is 7.09. The Bertz CT molecular complexity index is 734. The van der Waals surface area contributed by atoms with Gasteiger partial charge in [-0.3, -0.25) is 19.5 Å². The van der Waals surface area contributed by atoms with Gasteiger partial charge in [0.1, 0.15) is 5.69 Å². The molecule has 1 N–H and O–H groups in total. The maximum Gasteiger partial charge on any atom is 0.307 e. The number of hydrogen-bond donors (Lipinski definition) is 1. The topological polar surface area (TPSA) is 77.2 Å². The molecule has 0 saturated heterocycles. The van der Waals surface area contributed by atoms with E-state index in [0.29, 0.717) is 18.8 Å². The highest BCUT2D eigenvalue weighted by Crippen LogP contribution is 2.26. The predicted octanol–water partition coefficient (Wildman–Crippen LogP) is 2.91. The molecule has 0 unspecified atom stereocenters. The molecular formula is C14H17N3O3S. The summed E-state index contributed by atoms with van der Waals surface area (Å²) in [5, 5.41) is 14.0. The molecule has 0 saturated carbocycles. The van der Waals surface area contributed by atoms with E-state index in [0.717, 1.165) is 16.1 Å². The van der Waals surface area contributed by atoms with Crippen LogP contribution in [0.15, 0.2) is 23.0 Å². The maximum atomic E-state index is 11.9. The fraction of sp³-hybridized carbons (Fsp3) is 0.357. The minimum atomic E-state index is -0.409. The Labute approximate surface area is 126 Å². The van der Waals surface area contributed by atoms with Gasteiger partial charge in [-0.05, 0) is 32.4 Å². The van der Waals surface area contributed by atoms with Crippen molar-refractivity contribution in [3.05, 3.63) is 54.1 Å². The van der Waals surface area contributed by atoms with E-state index in [1.54, 1.807) is 16.7 Å². The summed E-state index contributed by atoms with van der Waals surface area (Å²) in [6.45, 7) is 6.72. The third-order valence-corrected chi connectivity index (χ3v) is 4.34. The van der Waals surface area contributed by atoms with Gasteiger partial charge in [0.2, 0.25) is 0 Å². The van der Waals surface area contributed by atoms with Crippen molar-refractivity contribution in [2.45, 2.75) is 27.3 Å². The molecule has 2 rings (SSSR count). The van der Waals surface area contributed by atoms with Crippen LogP contribution >= 0.6 is 11.3 Å². The predicted molar refractivity (Wildman–Crippen MR) is 84.4 cm³/mol. The van der Waals surface area contributed by atoms with Crippen LogP contribution in [0.3, 0.4) is 0 Å². The van der Waals surface area contributed by atoms with Gasteiger partial charge < -0.3 is 5.32 Å². The number of anilines is 1. The maximum absolute atomic E-state index is 11.9. The third kappa shape index (κ3) is 3.13. The first-order valence-corrected chi connectivity index (χ1v) is 7.43. The third-order valence-electron chi connectivity index (χ3n) is 3.34. The van der Waals surface area contributed by atoms with Crippen LogP contribution < -0.4 is 10.2 Å². The Morgan fingerprint density at radius 2 is 2.10 bits per heavy atom. The lowest BCUT2D eigenvalue weighted by molar-refractivity contribution is -0.384. The molecule has 6 nitrogen and oxygen atoms in total. The van der Waals surface area contributed by atoms with Crippen molar-refractivity contribution in [1.29, 1.82) is 0 Å². The molecule has 0 aliphatic rings. The van der Waals surface area contributed by atoms with Gasteiger partial charge in [-0.1, -0.05) is 17.4 Å². The zero-order valence-corrected chi connectivity index (χ0v) is 13.0. The van der Waals surface area contributed by atoms with Crippen LogP contribution in [0.1, 0.15) is 23.1 Å². The number of nitro groups is 1. The zero-order valence-electron chi connectivity index (χ0n) is 12.2. The van der Waals surface area contributed by atoms with Crippen molar-refractivity contribution in [2.24, 2.45) is 0 Å². The van der Waals surface area contributed by atoms with E-state index in [1.807, 2.05) is 20.8 Å². The molecule has 2 aromatic rings. The van der Waals surface area contributed by atoms with Crippen LogP contribution in [0, 0.1) is 24.0 Å². The smallest absolute Gasteiger partial charge is 0.307 e. The molecule has 0 amide bonds. The van der Waals surface area contributed by atoms with E-state index < -0.39 is 4.92 Å². The van der Waals surface area contributed by atoms with Crippen molar-refractivity contribution < 1.29 is 4.92 Å². The van der Waals surface area contributed by atoms with Crippen molar-refractivity contribution in [3.8, 4) is 0 Å². The molecule has 0 fully saturated rings. The van der Waals surface area contributed by atoms with E-state index in [2.05, 4.69) is 5.32 Å². The van der Waals surface area contributed by atoms with Gasteiger partial charge >= 0.3 is 4.87 Å². The fourth-order valence-corrected chi connectivity index (χ4v) is 2.96. The molecule has 0 spiro atoms. The van der Waals surface area contributed by atoms with Crippen LogP contribution in [-0.2, 0) is 6.54 Å². The van der Waals surface area contributed by atoms with E-state index in [4.69, 9.17) is 0 Å². The minimum Gasteiger partial charge on any atom is -0.380 e. The van der Waals surface area contributed by atoms with Crippen LogP contribution in [0.5, 0.6) is 0 Å². The standard InChI is InChI=1S/C14H17N3O3S/c1-4-15-12-7-11(5-6-13(12)17(19)20)8-16-9(2)10(3)21-14(16)18/h5-7,15H,4,8H2,1-3H3. The molecule has 1 aromatic heterocycles. The summed E-state index contributed by atoms with van der Waals surface area (Å²) in [6, 6.07) is 4.91. The van der Waals surface area contributed by atoms with Crippen molar-refractivity contribution >= 4 is 22.7 Å². The van der Waals surface area contributed by atoms with Crippen LogP contribution in [0.25, 0.3) is 0 Å². The van der Waals surface area contributed by atoms with Gasteiger partial charge in [-0.25, -0.2) is 0 Å². The monoisotopic (exact) mass is 307 g/mol.